The first-order valence-electron chi connectivity index (χ1n) is 2.12. The van der Waals surface area contributed by atoms with Crippen LogP contribution < -0.4 is 16.0 Å². The zero-order chi connectivity index (χ0) is 5.11. The van der Waals surface area contributed by atoms with Crippen molar-refractivity contribution in [1.82, 2.24) is 16.0 Å². The Balaban J connectivity index is 2.25. The van der Waals surface area contributed by atoms with Gasteiger partial charge in [0.05, 0.1) is 13.3 Å². The monoisotopic (exact) mass is 117 g/mol. The second kappa shape index (κ2) is 2.09. The zero-order valence-electron chi connectivity index (χ0n) is 3.82. The highest BCUT2D eigenvalue weighted by atomic mass is 32.1. The second-order valence-corrected chi connectivity index (χ2v) is 1.69. The molecule has 0 saturated carbocycles. The molecule has 1 aliphatic rings. The fraction of sp³-hybridized carbons (Fsp3) is 0.667. The molecule has 1 rings (SSSR count). The molecule has 40 valence electrons. The summed E-state index contributed by atoms with van der Waals surface area (Å²) in [6, 6.07) is 0. The van der Waals surface area contributed by atoms with E-state index in [9.17, 15) is 0 Å². The average Bonchev–Trinajstić information content (AvgIpc) is 1.69. The number of hydrogen-bond acceptors (Lipinski definition) is 2. The Morgan fingerprint density at radius 2 is 1.86 bits per heavy atom. The van der Waals surface area contributed by atoms with Crippen molar-refractivity contribution >= 4 is 17.3 Å². The summed E-state index contributed by atoms with van der Waals surface area (Å²) in [5, 5.41) is 9.52. The normalized spacial score (nSPS) is 20.3. The van der Waals surface area contributed by atoms with Gasteiger partial charge in [0.1, 0.15) is 0 Å². The van der Waals surface area contributed by atoms with Gasteiger partial charge in [0.2, 0.25) is 0 Å². The van der Waals surface area contributed by atoms with Crippen LogP contribution in [0.5, 0.6) is 0 Å². The van der Waals surface area contributed by atoms with Crippen LogP contribution in [0.4, 0.5) is 0 Å². The van der Waals surface area contributed by atoms with E-state index in [4.69, 9.17) is 12.2 Å². The van der Waals surface area contributed by atoms with Gasteiger partial charge >= 0.3 is 0 Å². The topological polar surface area (TPSA) is 36.1 Å². The number of rotatable bonds is 0. The summed E-state index contributed by atoms with van der Waals surface area (Å²) < 4.78 is 0. The third-order valence-corrected chi connectivity index (χ3v) is 1.04. The van der Waals surface area contributed by atoms with Crippen LogP contribution in [0.25, 0.3) is 0 Å². The number of thiocarbonyl (C=S) groups is 1. The van der Waals surface area contributed by atoms with Gasteiger partial charge in [-0.15, -0.1) is 0 Å². The van der Waals surface area contributed by atoms with Crippen molar-refractivity contribution in [1.29, 1.82) is 0 Å². The van der Waals surface area contributed by atoms with Crippen LogP contribution in [0.1, 0.15) is 0 Å². The quantitative estimate of drug-likeness (QED) is 0.355. The van der Waals surface area contributed by atoms with Crippen LogP contribution in [0.2, 0.25) is 0 Å². The van der Waals surface area contributed by atoms with Crippen LogP contribution in [0.15, 0.2) is 0 Å². The average molecular weight is 117 g/mol. The molecule has 1 aliphatic heterocycles. The van der Waals surface area contributed by atoms with Gasteiger partial charge in [0.15, 0.2) is 5.11 Å². The molecular formula is C3H7N3S. The lowest BCUT2D eigenvalue weighted by Gasteiger charge is -2.16. The van der Waals surface area contributed by atoms with E-state index in [2.05, 4.69) is 16.0 Å². The lowest BCUT2D eigenvalue weighted by Crippen LogP contribution is -2.51. The molecule has 0 unspecified atom stereocenters. The maximum Gasteiger partial charge on any atom is 0.168 e. The predicted molar refractivity (Wildman–Crippen MR) is 31.7 cm³/mol. The Morgan fingerprint density at radius 1 is 1.29 bits per heavy atom. The summed E-state index contributed by atoms with van der Waals surface area (Å²) in [6.07, 6.45) is 0. The molecule has 0 radical (unpaired) electrons. The number of nitrogens with one attached hydrogen (secondary N) is 3. The van der Waals surface area contributed by atoms with Gasteiger partial charge in [0.25, 0.3) is 0 Å². The standard InChI is InChI=1S/C3H7N3S/c7-3-5-1-4-2-6-3/h4H,1-2H2,(H2,5,6,7). The van der Waals surface area contributed by atoms with E-state index in [0.29, 0.717) is 0 Å². The van der Waals surface area contributed by atoms with E-state index in [1.165, 1.54) is 0 Å². The first-order chi connectivity index (χ1) is 3.39. The lowest BCUT2D eigenvalue weighted by molar-refractivity contribution is 0.594. The fourth-order valence-electron chi connectivity index (χ4n) is 0.411. The Bertz CT molecular complexity index is 74.2. The Morgan fingerprint density at radius 3 is 2.14 bits per heavy atom. The van der Waals surface area contributed by atoms with E-state index in [1.807, 2.05) is 0 Å². The van der Waals surface area contributed by atoms with Gasteiger partial charge in [-0.05, 0) is 12.2 Å². The number of hydrogen-bond donors (Lipinski definition) is 3. The summed E-state index contributed by atoms with van der Waals surface area (Å²) in [5.41, 5.74) is 0. The van der Waals surface area contributed by atoms with Crippen LogP contribution in [0, 0.1) is 0 Å². The summed E-state index contributed by atoms with van der Waals surface area (Å²) in [7, 11) is 0. The highest BCUT2D eigenvalue weighted by molar-refractivity contribution is 7.80. The molecule has 1 saturated heterocycles. The van der Waals surface area contributed by atoms with Crippen LogP contribution in [-0.4, -0.2) is 18.4 Å². The van der Waals surface area contributed by atoms with Crippen molar-refractivity contribution < 1.29 is 0 Å². The molecule has 0 aromatic heterocycles. The smallest absolute Gasteiger partial charge is 0.168 e. The van der Waals surface area contributed by atoms with E-state index in [-0.39, 0.29) is 0 Å². The van der Waals surface area contributed by atoms with E-state index in [1.54, 1.807) is 0 Å². The SMILES string of the molecule is S=C1NCNCN1. The van der Waals surface area contributed by atoms with Gasteiger partial charge in [-0.3, -0.25) is 5.32 Å². The lowest BCUT2D eigenvalue weighted by atomic mass is 10.8. The largest absolute Gasteiger partial charge is 0.350 e. The molecule has 0 amide bonds. The molecule has 4 heteroatoms. The second-order valence-electron chi connectivity index (χ2n) is 1.29. The highest BCUT2D eigenvalue weighted by Crippen LogP contribution is 1.66. The Hall–Kier alpha value is -0.350. The molecular weight excluding hydrogens is 110 g/mol. The van der Waals surface area contributed by atoms with Gasteiger partial charge in [0, 0.05) is 0 Å². The van der Waals surface area contributed by atoms with Gasteiger partial charge < -0.3 is 10.6 Å². The van der Waals surface area contributed by atoms with Crippen molar-refractivity contribution in [3.05, 3.63) is 0 Å². The molecule has 0 spiro atoms. The molecule has 1 heterocycles. The van der Waals surface area contributed by atoms with Gasteiger partial charge in [-0.25, -0.2) is 0 Å². The minimum atomic E-state index is 0.735. The van der Waals surface area contributed by atoms with Crippen LogP contribution in [0.3, 0.4) is 0 Å². The van der Waals surface area contributed by atoms with E-state index >= 15 is 0 Å². The molecule has 3 nitrogen and oxygen atoms in total. The predicted octanol–water partition coefficient (Wildman–Crippen LogP) is -1.03. The highest BCUT2D eigenvalue weighted by Gasteiger charge is 1.96. The Labute approximate surface area is 47.5 Å². The van der Waals surface area contributed by atoms with Crippen LogP contribution >= 0.6 is 12.2 Å². The first-order valence-corrected chi connectivity index (χ1v) is 2.53. The van der Waals surface area contributed by atoms with Crippen molar-refractivity contribution in [3.8, 4) is 0 Å². The summed E-state index contributed by atoms with van der Waals surface area (Å²) in [5.74, 6) is 0. The minimum absolute atomic E-state index is 0.735. The minimum Gasteiger partial charge on any atom is -0.350 e. The van der Waals surface area contributed by atoms with Crippen molar-refractivity contribution in [2.24, 2.45) is 0 Å². The first kappa shape index (κ1) is 4.80. The molecule has 0 aliphatic carbocycles. The maximum atomic E-state index is 4.74. The van der Waals surface area contributed by atoms with Crippen molar-refractivity contribution in [3.63, 3.8) is 0 Å². The molecule has 0 aromatic rings. The van der Waals surface area contributed by atoms with E-state index in [0.717, 1.165) is 18.4 Å². The maximum absolute atomic E-state index is 4.74. The molecule has 0 atom stereocenters. The zero-order valence-corrected chi connectivity index (χ0v) is 4.64. The summed E-state index contributed by atoms with van der Waals surface area (Å²) >= 11 is 4.74. The molecule has 1 fully saturated rings. The fourth-order valence-corrected chi connectivity index (χ4v) is 0.555. The van der Waals surface area contributed by atoms with Crippen LogP contribution in [-0.2, 0) is 0 Å². The third-order valence-electron chi connectivity index (χ3n) is 0.748. The van der Waals surface area contributed by atoms with Gasteiger partial charge in [-0.1, -0.05) is 0 Å². The van der Waals surface area contributed by atoms with Crippen molar-refractivity contribution in [2.45, 2.75) is 0 Å². The molecule has 0 aromatic carbocycles. The van der Waals surface area contributed by atoms with E-state index < -0.39 is 0 Å². The molecule has 7 heavy (non-hydrogen) atoms. The Kier molecular flexibility index (Phi) is 1.43. The third kappa shape index (κ3) is 1.29. The molecule has 0 bridgehead atoms. The molecule has 3 N–H and O–H groups in total. The van der Waals surface area contributed by atoms with Crippen molar-refractivity contribution in [2.75, 3.05) is 13.3 Å². The van der Waals surface area contributed by atoms with Gasteiger partial charge in [-0.2, -0.15) is 0 Å². The summed E-state index contributed by atoms with van der Waals surface area (Å²) in [4.78, 5) is 0. The summed E-state index contributed by atoms with van der Waals surface area (Å²) in [6.45, 7) is 1.57.